The summed E-state index contributed by atoms with van der Waals surface area (Å²) in [5.41, 5.74) is 6.25. The third kappa shape index (κ3) is 8.48. The van der Waals surface area contributed by atoms with Crippen LogP contribution in [0.5, 0.6) is 0 Å². The van der Waals surface area contributed by atoms with Crippen molar-refractivity contribution in [2.24, 2.45) is 23.7 Å². The van der Waals surface area contributed by atoms with E-state index in [1.165, 1.54) is 111 Å². The van der Waals surface area contributed by atoms with Crippen LogP contribution in [0.3, 0.4) is 0 Å². The molecule has 0 saturated heterocycles. The Morgan fingerprint density at radius 1 is 0.730 bits per heavy atom. The minimum absolute atomic E-state index is 0. The molecule has 4 fully saturated rings. The van der Waals surface area contributed by atoms with E-state index in [0.29, 0.717) is 5.54 Å². The second-order valence-electron chi connectivity index (χ2n) is 13.2. The van der Waals surface area contributed by atoms with Gasteiger partial charge in [0, 0.05) is 0 Å². The number of hydrogen-bond acceptors (Lipinski definition) is 1. The molecule has 5 aliphatic rings. The molecular formula is C32H58Cl2NSiTi. The summed E-state index contributed by atoms with van der Waals surface area (Å²) in [6.07, 6.45) is 27.6. The van der Waals surface area contributed by atoms with Crippen LogP contribution in [-0.4, -0.2) is 13.6 Å². The van der Waals surface area contributed by atoms with Gasteiger partial charge in [0.2, 0.25) is 0 Å². The van der Waals surface area contributed by atoms with Crippen molar-refractivity contribution in [2.75, 3.05) is 0 Å². The van der Waals surface area contributed by atoms with Crippen LogP contribution in [0.1, 0.15) is 150 Å². The van der Waals surface area contributed by atoms with Crippen molar-refractivity contribution in [1.29, 1.82) is 0 Å². The van der Waals surface area contributed by atoms with Crippen LogP contribution >= 0.6 is 0 Å². The quantitative estimate of drug-likeness (QED) is 0.212. The minimum atomic E-state index is -1.34. The molecule has 0 aliphatic heterocycles. The van der Waals surface area contributed by atoms with Gasteiger partial charge in [-0.2, -0.15) is 0 Å². The van der Waals surface area contributed by atoms with E-state index >= 15 is 0 Å². The molecule has 0 heterocycles. The van der Waals surface area contributed by atoms with Crippen LogP contribution in [-0.2, 0) is 17.4 Å². The molecule has 5 heteroatoms. The molecule has 213 valence electrons. The topological polar surface area (TPSA) is 12.0 Å². The van der Waals surface area contributed by atoms with E-state index in [0.717, 1.165) is 23.7 Å². The van der Waals surface area contributed by atoms with Crippen LogP contribution in [0.4, 0.5) is 0 Å². The average molecular weight is 604 g/mol. The molecule has 0 aromatic rings. The largest absolute Gasteiger partial charge is 1.00 e. The van der Waals surface area contributed by atoms with Crippen molar-refractivity contribution in [3.05, 3.63) is 20.6 Å². The van der Waals surface area contributed by atoms with Gasteiger partial charge < -0.3 is 24.8 Å². The van der Waals surface area contributed by atoms with Gasteiger partial charge in [0.25, 0.3) is 0 Å². The van der Waals surface area contributed by atoms with Gasteiger partial charge in [-0.05, 0) is 0 Å². The summed E-state index contributed by atoms with van der Waals surface area (Å²) in [5.74, 6) is 3.98. The predicted octanol–water partition coefficient (Wildman–Crippen LogP) is 2.70. The minimum Gasteiger partial charge on any atom is -1.00 e. The Kier molecular flexibility index (Phi) is 15.1. The molecule has 0 amide bonds. The molecule has 1 atom stereocenters. The van der Waals surface area contributed by atoms with Gasteiger partial charge in [-0.15, -0.1) is 0 Å². The zero-order valence-corrected chi connectivity index (χ0v) is 30.1. The molecule has 1 unspecified atom stereocenters. The summed E-state index contributed by atoms with van der Waals surface area (Å²) in [7, 11) is 1.43. The van der Waals surface area contributed by atoms with E-state index in [2.05, 4.69) is 31.5 Å². The fourth-order valence-electron chi connectivity index (χ4n) is 9.24. The third-order valence-electron chi connectivity index (χ3n) is 10.4. The predicted molar refractivity (Wildman–Crippen MR) is 154 cm³/mol. The second kappa shape index (κ2) is 16.4. The zero-order chi connectivity index (χ0) is 24.8. The molecule has 1 N–H and O–H groups in total. The number of rotatable bonds is 16. The van der Waals surface area contributed by atoms with Gasteiger partial charge in [0.15, 0.2) is 0 Å². The van der Waals surface area contributed by atoms with Crippen molar-refractivity contribution >= 4 is 8.11 Å². The first-order valence-electron chi connectivity index (χ1n) is 16.1. The van der Waals surface area contributed by atoms with E-state index in [4.69, 9.17) is 0 Å². The standard InChI is InChI=1S/C22H39.C10H16N.2ClH.H3Si.Ti/c1-5-8-10-12-13-15-16-21-19(4)18-20(7-3)22(21)17-14-11-9-6-2;11-10-4-7-1-8(5-10)3-9(2-7)6-10;;;;/h19H,5-17H2,1-4H3;7-9,11H,1-6H2;2*1H;1H3;/q;-1;;;;+3/p-2. The summed E-state index contributed by atoms with van der Waals surface area (Å²) >= 11 is -1.34. The van der Waals surface area contributed by atoms with E-state index in [-0.39, 0.29) is 24.8 Å². The Balaban J connectivity index is 0.00000241. The van der Waals surface area contributed by atoms with Crippen molar-refractivity contribution < 1.29 is 42.2 Å². The zero-order valence-electron chi connectivity index (χ0n) is 25.0. The van der Waals surface area contributed by atoms with E-state index in [1.54, 1.807) is 19.3 Å². The number of unbranched alkanes of at least 4 members (excludes halogenated alkanes) is 8. The summed E-state index contributed by atoms with van der Waals surface area (Å²) in [5, 5.41) is 0. The Bertz CT molecular complexity index is 729. The SMILES string of the molecule is CCCCCCCCC1=C(CCCCCC)C(CC)=[C]([Ti+2]([SiH3])[NH]C23CC4CC(CC(C4)C2)C3)C1C.[Cl-].[Cl-]. The van der Waals surface area contributed by atoms with Gasteiger partial charge in [0.05, 0.1) is 0 Å². The molecule has 0 aromatic carbocycles. The Morgan fingerprint density at radius 2 is 1.22 bits per heavy atom. The van der Waals surface area contributed by atoms with Crippen molar-refractivity contribution in [3.8, 4) is 0 Å². The smallest absolute Gasteiger partial charge is 1.00 e. The van der Waals surface area contributed by atoms with E-state index in [9.17, 15) is 0 Å². The fourth-order valence-corrected chi connectivity index (χ4v) is 18.9. The average Bonchev–Trinajstić information content (AvgIpc) is 3.08. The Hall–Kier alpha value is 0.951. The molecule has 0 radical (unpaired) electrons. The first-order valence-corrected chi connectivity index (χ1v) is 23.3. The molecule has 37 heavy (non-hydrogen) atoms. The maximum absolute atomic E-state index is 4.61. The molecule has 0 aromatic heterocycles. The van der Waals surface area contributed by atoms with Gasteiger partial charge in [0.1, 0.15) is 0 Å². The number of hydrogen-bond donors (Lipinski definition) is 1. The Morgan fingerprint density at radius 3 is 1.76 bits per heavy atom. The molecular weight excluding hydrogens is 545 g/mol. The van der Waals surface area contributed by atoms with Gasteiger partial charge >= 0.3 is 229 Å². The van der Waals surface area contributed by atoms with Gasteiger partial charge in [-0.3, -0.25) is 0 Å². The van der Waals surface area contributed by atoms with Crippen LogP contribution in [0, 0.1) is 23.7 Å². The Labute approximate surface area is 252 Å². The first kappa shape index (κ1) is 34.2. The van der Waals surface area contributed by atoms with Crippen LogP contribution < -0.4 is 28.6 Å². The van der Waals surface area contributed by atoms with Crippen LogP contribution in [0.15, 0.2) is 20.6 Å². The van der Waals surface area contributed by atoms with Crippen LogP contribution in [0.2, 0.25) is 0 Å². The fraction of sp³-hybridized carbons (Fsp3) is 0.875. The third-order valence-corrected chi connectivity index (χ3v) is 17.4. The molecule has 5 rings (SSSR count). The van der Waals surface area contributed by atoms with Gasteiger partial charge in [-0.25, -0.2) is 0 Å². The maximum atomic E-state index is 4.61. The van der Waals surface area contributed by atoms with E-state index in [1.807, 2.05) is 20.6 Å². The van der Waals surface area contributed by atoms with E-state index < -0.39 is 17.4 Å². The van der Waals surface area contributed by atoms with Crippen molar-refractivity contribution in [1.82, 2.24) is 3.80 Å². The number of nitrogens with one attached hydrogen (secondary N) is 1. The molecule has 5 aliphatic carbocycles. The summed E-state index contributed by atoms with van der Waals surface area (Å²) in [4.78, 5) is 0. The maximum Gasteiger partial charge on any atom is -1.00 e. The monoisotopic (exact) mass is 602 g/mol. The van der Waals surface area contributed by atoms with Crippen LogP contribution in [0.25, 0.3) is 0 Å². The second-order valence-corrected chi connectivity index (χ2v) is 20.6. The number of allylic oxidation sites excluding steroid dienone is 4. The van der Waals surface area contributed by atoms with Crippen molar-refractivity contribution in [3.63, 3.8) is 0 Å². The molecule has 4 saturated carbocycles. The summed E-state index contributed by atoms with van der Waals surface area (Å²) in [6.45, 7) is 9.82. The van der Waals surface area contributed by atoms with Crippen molar-refractivity contribution in [2.45, 2.75) is 155 Å². The molecule has 1 nitrogen and oxygen atoms in total. The van der Waals surface area contributed by atoms with Gasteiger partial charge in [-0.1, -0.05) is 0 Å². The molecule has 4 bridgehead atoms. The summed E-state index contributed by atoms with van der Waals surface area (Å²) in [6, 6.07) is 0. The molecule has 0 spiro atoms. The normalized spacial score (nSPS) is 30.2. The summed E-state index contributed by atoms with van der Waals surface area (Å²) < 4.78 is 6.64. The number of halogens is 2. The first-order chi connectivity index (χ1) is 17.0.